The molecule has 0 saturated carbocycles. The molecule has 3 aromatic rings. The molecule has 0 fully saturated rings. The van der Waals surface area contributed by atoms with Crippen molar-refractivity contribution in [3.63, 3.8) is 0 Å². The molecule has 0 unspecified atom stereocenters. The molecular formula is C15H13FN4O. The lowest BCUT2D eigenvalue weighted by molar-refractivity contribution is 0.415. The van der Waals surface area contributed by atoms with E-state index in [1.54, 1.807) is 17.9 Å². The molecule has 0 aliphatic rings. The number of pyridine rings is 1. The fourth-order valence-electron chi connectivity index (χ4n) is 1.94. The van der Waals surface area contributed by atoms with Gasteiger partial charge in [0.1, 0.15) is 11.6 Å². The van der Waals surface area contributed by atoms with E-state index in [9.17, 15) is 4.39 Å². The van der Waals surface area contributed by atoms with Gasteiger partial charge in [0.25, 0.3) is 0 Å². The van der Waals surface area contributed by atoms with E-state index in [-0.39, 0.29) is 5.82 Å². The Labute approximate surface area is 121 Å². The van der Waals surface area contributed by atoms with Crippen LogP contribution in [-0.4, -0.2) is 15.1 Å². The highest BCUT2D eigenvalue weighted by Crippen LogP contribution is 2.24. The molecule has 21 heavy (non-hydrogen) atoms. The van der Waals surface area contributed by atoms with E-state index in [0.29, 0.717) is 24.2 Å². The van der Waals surface area contributed by atoms with Gasteiger partial charge >= 0.3 is 6.01 Å². The zero-order valence-corrected chi connectivity index (χ0v) is 11.4. The molecular weight excluding hydrogens is 271 g/mol. The first-order valence-corrected chi connectivity index (χ1v) is 6.46. The second-order valence-electron chi connectivity index (χ2n) is 4.53. The van der Waals surface area contributed by atoms with Crippen LogP contribution in [0, 0.1) is 12.7 Å². The molecule has 5 nitrogen and oxygen atoms in total. The maximum absolute atomic E-state index is 13.1. The number of aryl methyl sites for hydroxylation is 1. The van der Waals surface area contributed by atoms with Gasteiger partial charge in [-0.05, 0) is 24.6 Å². The second-order valence-corrected chi connectivity index (χ2v) is 4.53. The Kier molecular flexibility index (Phi) is 3.59. The minimum Gasteiger partial charge on any atom is -0.315 e. The molecule has 106 valence electrons. The predicted octanol–water partition coefficient (Wildman–Crippen LogP) is 3.25. The molecule has 6 heteroatoms. The number of anilines is 2. The summed E-state index contributed by atoms with van der Waals surface area (Å²) in [6.07, 6.45) is 1.16. The number of aromatic nitrogens is 3. The number of halogens is 1. The van der Waals surface area contributed by atoms with Crippen LogP contribution in [0.15, 0.2) is 53.2 Å². The van der Waals surface area contributed by atoms with E-state index >= 15 is 0 Å². The summed E-state index contributed by atoms with van der Waals surface area (Å²) in [5, 5.41) is 3.79. The van der Waals surface area contributed by atoms with Gasteiger partial charge in [-0.1, -0.05) is 35.5 Å². The average Bonchev–Trinajstić information content (AvgIpc) is 2.93. The summed E-state index contributed by atoms with van der Waals surface area (Å²) in [6, 6.07) is 13.1. The van der Waals surface area contributed by atoms with Crippen molar-refractivity contribution in [2.24, 2.45) is 0 Å². The normalized spacial score (nSPS) is 10.6. The first-order chi connectivity index (χ1) is 10.2. The van der Waals surface area contributed by atoms with Crippen molar-refractivity contribution in [2.45, 2.75) is 13.5 Å². The Bertz CT molecular complexity index is 712. The molecule has 0 N–H and O–H groups in total. The Hall–Kier alpha value is -2.76. The van der Waals surface area contributed by atoms with Crippen molar-refractivity contribution >= 4 is 11.8 Å². The van der Waals surface area contributed by atoms with E-state index < -0.39 is 0 Å². The monoisotopic (exact) mass is 284 g/mol. The van der Waals surface area contributed by atoms with Gasteiger partial charge in [-0.15, -0.1) is 0 Å². The molecule has 0 spiro atoms. The smallest absolute Gasteiger partial charge is 0.315 e. The van der Waals surface area contributed by atoms with Crippen LogP contribution in [0.25, 0.3) is 0 Å². The minimum absolute atomic E-state index is 0.329. The van der Waals surface area contributed by atoms with Crippen LogP contribution >= 0.6 is 0 Å². The third-order valence-electron chi connectivity index (χ3n) is 2.92. The van der Waals surface area contributed by atoms with Crippen molar-refractivity contribution in [3.8, 4) is 0 Å². The summed E-state index contributed by atoms with van der Waals surface area (Å²) in [5.41, 5.74) is 1.06. The number of hydrogen-bond acceptors (Lipinski definition) is 5. The first kappa shape index (κ1) is 13.2. The lowest BCUT2D eigenvalue weighted by Gasteiger charge is -2.18. The highest BCUT2D eigenvalue weighted by molar-refractivity contribution is 5.50. The van der Waals surface area contributed by atoms with Gasteiger partial charge < -0.3 is 4.52 Å². The van der Waals surface area contributed by atoms with E-state index in [0.717, 1.165) is 11.8 Å². The summed E-state index contributed by atoms with van der Waals surface area (Å²) >= 11 is 0. The fraction of sp³-hybridized carbons (Fsp3) is 0.133. The molecule has 2 heterocycles. The molecule has 1 aromatic carbocycles. The Balaban J connectivity index is 1.96. The molecule has 0 aliphatic carbocycles. The summed E-state index contributed by atoms with van der Waals surface area (Å²) < 4.78 is 18.3. The SMILES string of the molecule is Cc1noc(N(Cc2ccccc2)c2ccc(F)cn2)n1. The fourth-order valence-corrected chi connectivity index (χ4v) is 1.94. The van der Waals surface area contributed by atoms with Gasteiger partial charge in [-0.3, -0.25) is 4.90 Å². The van der Waals surface area contributed by atoms with E-state index in [2.05, 4.69) is 15.1 Å². The van der Waals surface area contributed by atoms with Crippen molar-refractivity contribution in [2.75, 3.05) is 4.90 Å². The van der Waals surface area contributed by atoms with E-state index in [1.807, 2.05) is 30.3 Å². The maximum Gasteiger partial charge on any atom is 0.330 e. The Morgan fingerprint density at radius 3 is 2.57 bits per heavy atom. The molecule has 0 amide bonds. The second kappa shape index (κ2) is 5.70. The number of benzene rings is 1. The minimum atomic E-state index is -0.389. The third kappa shape index (κ3) is 3.05. The lowest BCUT2D eigenvalue weighted by Crippen LogP contribution is -2.18. The van der Waals surface area contributed by atoms with Crippen molar-refractivity contribution in [3.05, 3.63) is 65.9 Å². The summed E-state index contributed by atoms with van der Waals surface area (Å²) in [5.74, 6) is 0.689. The van der Waals surface area contributed by atoms with Crippen molar-refractivity contribution in [1.82, 2.24) is 15.1 Å². The largest absolute Gasteiger partial charge is 0.330 e. The topological polar surface area (TPSA) is 55.1 Å². The highest BCUT2D eigenvalue weighted by Gasteiger charge is 2.17. The van der Waals surface area contributed by atoms with Crippen LogP contribution in [0.1, 0.15) is 11.4 Å². The lowest BCUT2D eigenvalue weighted by atomic mass is 10.2. The zero-order chi connectivity index (χ0) is 14.7. The van der Waals surface area contributed by atoms with Gasteiger partial charge in [-0.25, -0.2) is 9.37 Å². The number of rotatable bonds is 4. The van der Waals surface area contributed by atoms with Gasteiger partial charge in [0, 0.05) is 0 Å². The van der Waals surface area contributed by atoms with Crippen LogP contribution in [-0.2, 0) is 6.54 Å². The summed E-state index contributed by atoms with van der Waals surface area (Å²) in [6.45, 7) is 2.24. The van der Waals surface area contributed by atoms with E-state index in [4.69, 9.17) is 4.52 Å². The van der Waals surface area contributed by atoms with Crippen LogP contribution in [0.5, 0.6) is 0 Å². The average molecular weight is 284 g/mol. The zero-order valence-electron chi connectivity index (χ0n) is 11.4. The standard InChI is InChI=1S/C15H13FN4O/c1-11-18-15(21-19-11)20(10-12-5-3-2-4-6-12)14-8-7-13(16)9-17-14/h2-9H,10H2,1H3. The Morgan fingerprint density at radius 1 is 1.14 bits per heavy atom. The molecule has 0 atom stereocenters. The molecule has 2 aromatic heterocycles. The van der Waals surface area contributed by atoms with Crippen LogP contribution in [0.4, 0.5) is 16.2 Å². The molecule has 3 rings (SSSR count). The number of nitrogens with zero attached hydrogens (tertiary/aromatic N) is 4. The van der Waals surface area contributed by atoms with E-state index in [1.165, 1.54) is 6.07 Å². The molecule has 0 bridgehead atoms. The van der Waals surface area contributed by atoms with Gasteiger partial charge in [0.05, 0.1) is 12.7 Å². The van der Waals surface area contributed by atoms with Gasteiger partial charge in [0.2, 0.25) is 0 Å². The summed E-state index contributed by atoms with van der Waals surface area (Å²) in [4.78, 5) is 10.0. The van der Waals surface area contributed by atoms with Crippen LogP contribution in [0.2, 0.25) is 0 Å². The van der Waals surface area contributed by atoms with Gasteiger partial charge in [-0.2, -0.15) is 4.98 Å². The Morgan fingerprint density at radius 2 is 1.95 bits per heavy atom. The van der Waals surface area contributed by atoms with Crippen LogP contribution < -0.4 is 4.90 Å². The molecule has 0 saturated heterocycles. The number of hydrogen-bond donors (Lipinski definition) is 0. The highest BCUT2D eigenvalue weighted by atomic mass is 19.1. The van der Waals surface area contributed by atoms with Crippen molar-refractivity contribution < 1.29 is 8.91 Å². The summed E-state index contributed by atoms with van der Waals surface area (Å²) in [7, 11) is 0. The van der Waals surface area contributed by atoms with Crippen LogP contribution in [0.3, 0.4) is 0 Å². The van der Waals surface area contributed by atoms with Gasteiger partial charge in [0.15, 0.2) is 5.82 Å². The first-order valence-electron chi connectivity index (χ1n) is 6.46. The predicted molar refractivity (Wildman–Crippen MR) is 75.5 cm³/mol. The maximum atomic E-state index is 13.1. The third-order valence-corrected chi connectivity index (χ3v) is 2.92. The quantitative estimate of drug-likeness (QED) is 0.736. The van der Waals surface area contributed by atoms with Crippen molar-refractivity contribution in [1.29, 1.82) is 0 Å². The molecule has 0 radical (unpaired) electrons. The molecule has 0 aliphatic heterocycles.